The van der Waals surface area contributed by atoms with E-state index in [0.29, 0.717) is 51.3 Å². The van der Waals surface area contributed by atoms with E-state index in [2.05, 4.69) is 10.6 Å². The Balaban J connectivity index is 1.75. The van der Waals surface area contributed by atoms with Gasteiger partial charge in [0.25, 0.3) is 0 Å². The lowest BCUT2D eigenvalue weighted by atomic mass is 9.74. The molecule has 0 bridgehead atoms. The van der Waals surface area contributed by atoms with Crippen molar-refractivity contribution in [3.05, 3.63) is 35.4 Å². The number of nitrogens with one attached hydrogen (secondary N) is 2. The number of urea groups is 1. The summed E-state index contributed by atoms with van der Waals surface area (Å²) in [5.41, 5.74) is -1.67. The summed E-state index contributed by atoms with van der Waals surface area (Å²) in [5, 5.41) is 28.8. The molecule has 4 atom stereocenters. The van der Waals surface area contributed by atoms with Crippen LogP contribution in [0, 0.1) is 23.5 Å². The van der Waals surface area contributed by atoms with E-state index in [4.69, 9.17) is 4.74 Å². The highest BCUT2D eigenvalue weighted by Gasteiger charge is 2.43. The predicted octanol–water partition coefficient (Wildman–Crippen LogP) is 4.31. The first-order chi connectivity index (χ1) is 18.3. The smallest absolute Gasteiger partial charge is 0.317 e. The van der Waals surface area contributed by atoms with Crippen LogP contribution >= 0.6 is 0 Å². The molecule has 1 unspecified atom stereocenters. The zero-order valence-electron chi connectivity index (χ0n) is 23.1. The molecule has 9 heteroatoms. The minimum Gasteiger partial charge on any atom is -0.390 e. The molecular weight excluding hydrogens is 492 g/mol. The van der Waals surface area contributed by atoms with E-state index in [9.17, 15) is 23.8 Å². The summed E-state index contributed by atoms with van der Waals surface area (Å²) >= 11 is 0. The molecule has 4 N–H and O–H groups in total. The SMILES string of the molecule is CNC[C@@H](O)[C@H](CC1CCCCC1)NC(=O)N1CCCC([C@@](O)(CCCCOC)c2cccc(F)c2F)C1. The van der Waals surface area contributed by atoms with E-state index in [1.165, 1.54) is 31.4 Å². The Morgan fingerprint density at radius 2 is 1.95 bits per heavy atom. The number of methoxy groups -OCH3 is 1. The number of amides is 2. The van der Waals surface area contributed by atoms with E-state index in [1.54, 1.807) is 19.1 Å². The number of carbonyl (C=O) groups excluding carboxylic acids is 1. The Kier molecular flexibility index (Phi) is 12.2. The first kappa shape index (κ1) is 30.7. The van der Waals surface area contributed by atoms with Gasteiger partial charge in [0.1, 0.15) is 0 Å². The molecule has 7 nitrogen and oxygen atoms in total. The van der Waals surface area contributed by atoms with Crippen LogP contribution in [0.25, 0.3) is 0 Å². The number of aliphatic hydroxyl groups excluding tert-OH is 1. The third-order valence-corrected chi connectivity index (χ3v) is 8.46. The lowest BCUT2D eigenvalue weighted by Gasteiger charge is -2.43. The molecule has 2 aliphatic rings. The van der Waals surface area contributed by atoms with Gasteiger partial charge in [-0.05, 0) is 57.6 Å². The second kappa shape index (κ2) is 15.1. The van der Waals surface area contributed by atoms with Gasteiger partial charge >= 0.3 is 6.03 Å². The standard InChI is InChI=1S/C29H47F2N3O4/c1-32-19-26(35)25(18-21-10-4-3-5-11-21)33-28(36)34-16-9-12-22(20-34)29(37,15-6-7-17-38-2)23-13-8-14-24(30)27(23)31/h8,13-14,21-22,25-26,32,35,37H,3-7,9-12,15-20H2,1-2H3,(H,33,36)/t22?,25-,26+,29-/m0/s1. The number of benzene rings is 1. The van der Waals surface area contributed by atoms with Gasteiger partial charge in [-0.15, -0.1) is 0 Å². The number of nitrogens with zero attached hydrogens (tertiary/aromatic N) is 1. The highest BCUT2D eigenvalue weighted by Crippen LogP contribution is 2.41. The maximum absolute atomic E-state index is 15.0. The Hall–Kier alpha value is -1.81. The Morgan fingerprint density at radius 1 is 1.18 bits per heavy atom. The first-order valence-electron chi connectivity index (χ1n) is 14.3. The van der Waals surface area contributed by atoms with Crippen molar-refractivity contribution in [2.75, 3.05) is 40.4 Å². The highest BCUT2D eigenvalue weighted by atomic mass is 19.2. The zero-order valence-corrected chi connectivity index (χ0v) is 23.1. The molecular formula is C29H47F2N3O4. The number of unbranched alkanes of at least 4 members (excludes halogenated alkanes) is 1. The summed E-state index contributed by atoms with van der Waals surface area (Å²) in [4.78, 5) is 15.1. The topological polar surface area (TPSA) is 94.1 Å². The number of ether oxygens (including phenoxy) is 1. The van der Waals surface area contributed by atoms with E-state index in [-0.39, 0.29) is 30.6 Å². The fourth-order valence-corrected chi connectivity index (χ4v) is 6.28. The summed E-state index contributed by atoms with van der Waals surface area (Å²) in [6, 6.07) is 3.25. The molecule has 1 aliphatic carbocycles. The fraction of sp³-hybridized carbons (Fsp3) is 0.759. The number of piperidine rings is 1. The van der Waals surface area contributed by atoms with Crippen LogP contribution in [0.5, 0.6) is 0 Å². The van der Waals surface area contributed by atoms with Crippen molar-refractivity contribution in [2.24, 2.45) is 11.8 Å². The number of aliphatic hydroxyl groups is 2. The van der Waals surface area contributed by atoms with Crippen LogP contribution in [0.1, 0.15) is 76.2 Å². The molecule has 1 aliphatic heterocycles. The summed E-state index contributed by atoms with van der Waals surface area (Å²) in [6.07, 6.45) is 8.55. The maximum Gasteiger partial charge on any atom is 0.317 e. The molecule has 2 amide bonds. The normalized spacial score (nSPS) is 22.1. The lowest BCUT2D eigenvalue weighted by molar-refractivity contribution is -0.0593. The number of carbonyl (C=O) groups is 1. The molecule has 1 aromatic carbocycles. The van der Waals surface area contributed by atoms with Crippen molar-refractivity contribution in [1.29, 1.82) is 0 Å². The van der Waals surface area contributed by atoms with Crippen LogP contribution in [-0.4, -0.2) is 73.7 Å². The van der Waals surface area contributed by atoms with E-state index in [0.717, 1.165) is 25.3 Å². The van der Waals surface area contributed by atoms with Crippen LogP contribution in [0.15, 0.2) is 18.2 Å². The van der Waals surface area contributed by atoms with Gasteiger partial charge in [0, 0.05) is 44.8 Å². The van der Waals surface area contributed by atoms with Crippen molar-refractivity contribution < 1.29 is 28.5 Å². The van der Waals surface area contributed by atoms with Crippen molar-refractivity contribution >= 4 is 6.03 Å². The van der Waals surface area contributed by atoms with E-state index >= 15 is 0 Å². The van der Waals surface area contributed by atoms with E-state index in [1.807, 2.05) is 0 Å². The fourth-order valence-electron chi connectivity index (χ4n) is 6.28. The lowest BCUT2D eigenvalue weighted by Crippen LogP contribution is -2.55. The van der Waals surface area contributed by atoms with Crippen LogP contribution in [0.2, 0.25) is 0 Å². The predicted molar refractivity (Wildman–Crippen MR) is 144 cm³/mol. The largest absolute Gasteiger partial charge is 0.390 e. The second-order valence-corrected chi connectivity index (χ2v) is 11.2. The number of hydrogen-bond donors (Lipinski definition) is 4. The molecule has 1 heterocycles. The minimum atomic E-state index is -1.62. The third kappa shape index (κ3) is 8.10. The third-order valence-electron chi connectivity index (χ3n) is 8.46. The monoisotopic (exact) mass is 539 g/mol. The minimum absolute atomic E-state index is 0.0539. The molecule has 3 rings (SSSR count). The van der Waals surface area contributed by atoms with Crippen molar-refractivity contribution in [1.82, 2.24) is 15.5 Å². The summed E-state index contributed by atoms with van der Waals surface area (Å²) < 4.78 is 34.3. The molecule has 1 saturated carbocycles. The van der Waals surface area contributed by atoms with Gasteiger partial charge in [0.05, 0.1) is 17.7 Å². The molecule has 216 valence electrons. The number of likely N-dealkylation sites (tertiary alicyclic amines) is 1. The molecule has 0 spiro atoms. The number of halogens is 2. The van der Waals surface area contributed by atoms with Crippen LogP contribution in [0.3, 0.4) is 0 Å². The number of rotatable bonds is 13. The van der Waals surface area contributed by atoms with Gasteiger partial charge in [-0.25, -0.2) is 13.6 Å². The summed E-state index contributed by atoms with van der Waals surface area (Å²) in [5.74, 6) is -2.01. The van der Waals surface area contributed by atoms with E-state index < -0.39 is 29.3 Å². The quantitative estimate of drug-likeness (QED) is 0.280. The maximum atomic E-state index is 15.0. The Bertz CT molecular complexity index is 870. The molecule has 0 aromatic heterocycles. The van der Waals surface area contributed by atoms with Crippen LogP contribution < -0.4 is 10.6 Å². The van der Waals surface area contributed by atoms with Gasteiger partial charge < -0.3 is 30.5 Å². The Morgan fingerprint density at radius 3 is 2.66 bits per heavy atom. The molecule has 0 radical (unpaired) electrons. The summed E-state index contributed by atoms with van der Waals surface area (Å²) in [7, 11) is 3.38. The zero-order chi connectivity index (χ0) is 27.5. The molecule has 38 heavy (non-hydrogen) atoms. The average molecular weight is 540 g/mol. The van der Waals surface area contributed by atoms with Crippen molar-refractivity contribution in [3.63, 3.8) is 0 Å². The molecule has 1 aromatic rings. The Labute approximate surface area is 226 Å². The second-order valence-electron chi connectivity index (χ2n) is 11.2. The van der Waals surface area contributed by atoms with Gasteiger partial charge in [0.2, 0.25) is 0 Å². The van der Waals surface area contributed by atoms with Crippen molar-refractivity contribution in [2.45, 2.75) is 88.4 Å². The summed E-state index contributed by atoms with van der Waals surface area (Å²) in [6.45, 7) is 1.62. The van der Waals surface area contributed by atoms with Crippen LogP contribution in [0.4, 0.5) is 13.6 Å². The molecule has 1 saturated heterocycles. The van der Waals surface area contributed by atoms with Crippen LogP contribution in [-0.2, 0) is 10.3 Å². The van der Waals surface area contributed by atoms with Gasteiger partial charge in [-0.2, -0.15) is 0 Å². The van der Waals surface area contributed by atoms with Crippen molar-refractivity contribution in [3.8, 4) is 0 Å². The number of hydrogen-bond acceptors (Lipinski definition) is 5. The first-order valence-corrected chi connectivity index (χ1v) is 14.3. The molecule has 2 fully saturated rings. The highest BCUT2D eigenvalue weighted by molar-refractivity contribution is 5.74. The van der Waals surface area contributed by atoms with Gasteiger partial charge in [-0.3, -0.25) is 0 Å². The average Bonchev–Trinajstić information content (AvgIpc) is 2.93. The van der Waals surface area contributed by atoms with Gasteiger partial charge in [-0.1, -0.05) is 44.2 Å². The van der Waals surface area contributed by atoms with Gasteiger partial charge in [0.15, 0.2) is 11.6 Å². The number of likely N-dealkylation sites (N-methyl/N-ethyl adjacent to an activating group) is 1.